The Bertz CT molecular complexity index is 1360. The summed E-state index contributed by atoms with van der Waals surface area (Å²) in [5.74, 6) is 1.88. The second-order valence-corrected chi connectivity index (χ2v) is 8.94. The summed E-state index contributed by atoms with van der Waals surface area (Å²) in [7, 11) is 2.17. The van der Waals surface area contributed by atoms with Crippen LogP contribution in [0.2, 0.25) is 0 Å². The fraction of sp³-hybridized carbons (Fsp3) is 0.259. The standard InChI is InChI=1S/C27H27N7.H2/c1-33-11-13-34(14-12-33)26-9-4-19(16-29-26)17-30-27-23-15-20(5-7-25(23)31-18-32-27)21-6-8-24-22(21)3-2-10-28-24;/h2-7,9-10,15-16,18H,8,11-14,17H2,1H3,(H,30,31,32);1H. The lowest BCUT2D eigenvalue weighted by Gasteiger charge is -2.33. The molecule has 172 valence electrons. The van der Waals surface area contributed by atoms with Crippen LogP contribution in [0.25, 0.3) is 16.5 Å². The molecule has 0 radical (unpaired) electrons. The molecule has 4 aromatic rings. The van der Waals surface area contributed by atoms with Crippen molar-refractivity contribution in [1.82, 2.24) is 24.8 Å². The highest BCUT2D eigenvalue weighted by atomic mass is 15.3. The Morgan fingerprint density at radius 1 is 0.971 bits per heavy atom. The average molecular weight is 452 g/mol. The van der Waals surface area contributed by atoms with Crippen LogP contribution < -0.4 is 10.2 Å². The van der Waals surface area contributed by atoms with E-state index in [0.717, 1.165) is 72.0 Å². The van der Waals surface area contributed by atoms with Crippen molar-refractivity contribution in [2.24, 2.45) is 0 Å². The Morgan fingerprint density at radius 2 is 1.88 bits per heavy atom. The molecule has 1 aromatic carbocycles. The molecule has 7 heteroatoms. The van der Waals surface area contributed by atoms with Gasteiger partial charge in [-0.3, -0.25) is 4.98 Å². The van der Waals surface area contributed by atoms with Crippen molar-refractivity contribution in [3.63, 3.8) is 0 Å². The van der Waals surface area contributed by atoms with Crippen LogP contribution in [0.15, 0.2) is 67.3 Å². The number of rotatable bonds is 5. The summed E-state index contributed by atoms with van der Waals surface area (Å²) in [6.45, 7) is 4.85. The monoisotopic (exact) mass is 451 g/mol. The number of piperazine rings is 1. The highest BCUT2D eigenvalue weighted by Gasteiger charge is 2.18. The number of benzene rings is 1. The maximum atomic E-state index is 4.71. The van der Waals surface area contributed by atoms with Crippen LogP contribution in [0.3, 0.4) is 0 Å². The topological polar surface area (TPSA) is 70.1 Å². The lowest BCUT2D eigenvalue weighted by Crippen LogP contribution is -2.44. The normalized spacial score (nSPS) is 15.9. The Labute approximate surface area is 200 Å². The van der Waals surface area contributed by atoms with E-state index >= 15 is 0 Å². The first-order chi connectivity index (χ1) is 16.7. The van der Waals surface area contributed by atoms with E-state index < -0.39 is 0 Å². The highest BCUT2D eigenvalue weighted by Crippen LogP contribution is 2.33. The number of likely N-dealkylation sites (N-methyl/N-ethyl adjacent to an activating group) is 1. The number of fused-ring (bicyclic) bond motifs is 2. The molecule has 4 heterocycles. The van der Waals surface area contributed by atoms with Gasteiger partial charge in [-0.25, -0.2) is 15.0 Å². The smallest absolute Gasteiger partial charge is 0.137 e. The zero-order chi connectivity index (χ0) is 22.9. The van der Waals surface area contributed by atoms with Crippen molar-refractivity contribution in [1.29, 1.82) is 0 Å². The predicted molar refractivity (Wildman–Crippen MR) is 138 cm³/mol. The zero-order valence-electron chi connectivity index (χ0n) is 19.3. The van der Waals surface area contributed by atoms with Crippen LogP contribution in [0.5, 0.6) is 0 Å². The molecule has 34 heavy (non-hydrogen) atoms. The largest absolute Gasteiger partial charge is 0.365 e. The fourth-order valence-electron chi connectivity index (χ4n) is 4.72. The first kappa shape index (κ1) is 20.7. The third kappa shape index (κ3) is 3.99. The van der Waals surface area contributed by atoms with Gasteiger partial charge in [0, 0.05) is 63.9 Å². The van der Waals surface area contributed by atoms with Crippen molar-refractivity contribution in [2.75, 3.05) is 43.4 Å². The van der Waals surface area contributed by atoms with Gasteiger partial charge in [0.05, 0.1) is 11.2 Å². The number of allylic oxidation sites excluding steroid dienone is 1. The Morgan fingerprint density at radius 3 is 2.74 bits per heavy atom. The number of nitrogens with zero attached hydrogens (tertiary/aromatic N) is 6. The molecule has 1 saturated heterocycles. The molecule has 0 bridgehead atoms. The van der Waals surface area contributed by atoms with Gasteiger partial charge in [0.15, 0.2) is 0 Å². The molecular formula is C27H29N7. The van der Waals surface area contributed by atoms with E-state index in [1.807, 2.05) is 18.5 Å². The summed E-state index contributed by atoms with van der Waals surface area (Å²) >= 11 is 0. The molecule has 6 rings (SSSR count). The predicted octanol–water partition coefficient (Wildman–Crippen LogP) is 4.02. The molecule has 1 N–H and O–H groups in total. The van der Waals surface area contributed by atoms with Gasteiger partial charge in [-0.2, -0.15) is 0 Å². The first-order valence-corrected chi connectivity index (χ1v) is 11.8. The van der Waals surface area contributed by atoms with E-state index in [0.29, 0.717) is 6.54 Å². The molecular weight excluding hydrogens is 422 g/mol. The summed E-state index contributed by atoms with van der Waals surface area (Å²) in [5.41, 5.74) is 6.78. The summed E-state index contributed by atoms with van der Waals surface area (Å²) in [6, 6.07) is 14.8. The van der Waals surface area contributed by atoms with Gasteiger partial charge in [-0.15, -0.1) is 0 Å². The van der Waals surface area contributed by atoms with E-state index in [2.05, 4.69) is 79.6 Å². The Hall–Kier alpha value is -3.84. The first-order valence-electron chi connectivity index (χ1n) is 11.8. The zero-order valence-corrected chi connectivity index (χ0v) is 19.3. The van der Waals surface area contributed by atoms with Crippen molar-refractivity contribution < 1.29 is 1.43 Å². The summed E-state index contributed by atoms with van der Waals surface area (Å²) in [5, 5.41) is 4.52. The van der Waals surface area contributed by atoms with Crippen molar-refractivity contribution in [2.45, 2.75) is 13.0 Å². The van der Waals surface area contributed by atoms with E-state index in [-0.39, 0.29) is 1.43 Å². The number of aromatic nitrogens is 4. The minimum absolute atomic E-state index is 0. The van der Waals surface area contributed by atoms with Gasteiger partial charge in [0.1, 0.15) is 18.0 Å². The minimum atomic E-state index is 0. The van der Waals surface area contributed by atoms with Gasteiger partial charge < -0.3 is 15.1 Å². The maximum absolute atomic E-state index is 4.71. The van der Waals surface area contributed by atoms with Crippen LogP contribution in [0, 0.1) is 0 Å². The third-order valence-corrected chi connectivity index (χ3v) is 6.72. The van der Waals surface area contributed by atoms with Crippen molar-refractivity contribution in [3.8, 4) is 0 Å². The lowest BCUT2D eigenvalue weighted by molar-refractivity contribution is 0.312. The molecule has 0 spiro atoms. The van der Waals surface area contributed by atoms with Gasteiger partial charge in [-0.1, -0.05) is 24.3 Å². The van der Waals surface area contributed by atoms with E-state index in [4.69, 9.17) is 4.98 Å². The molecule has 1 fully saturated rings. The fourth-order valence-corrected chi connectivity index (χ4v) is 4.72. The van der Waals surface area contributed by atoms with Crippen LogP contribution in [-0.2, 0) is 13.0 Å². The van der Waals surface area contributed by atoms with E-state index in [1.165, 1.54) is 11.1 Å². The number of pyridine rings is 2. The molecule has 0 atom stereocenters. The van der Waals surface area contributed by atoms with Crippen LogP contribution in [0.1, 0.15) is 23.8 Å². The lowest BCUT2D eigenvalue weighted by atomic mass is 9.99. The van der Waals surface area contributed by atoms with Gasteiger partial charge in [-0.05, 0) is 48.0 Å². The second-order valence-electron chi connectivity index (χ2n) is 8.94. The average Bonchev–Trinajstić information content (AvgIpc) is 3.32. The van der Waals surface area contributed by atoms with Gasteiger partial charge in [0.2, 0.25) is 0 Å². The summed E-state index contributed by atoms with van der Waals surface area (Å²) in [6.07, 6.45) is 8.56. The third-order valence-electron chi connectivity index (χ3n) is 6.72. The minimum Gasteiger partial charge on any atom is -0.365 e. The number of anilines is 2. The molecule has 2 aliphatic rings. The molecule has 0 amide bonds. The van der Waals surface area contributed by atoms with E-state index in [1.54, 1.807) is 6.33 Å². The molecule has 3 aromatic heterocycles. The van der Waals surface area contributed by atoms with Gasteiger partial charge >= 0.3 is 0 Å². The maximum Gasteiger partial charge on any atom is 0.137 e. The van der Waals surface area contributed by atoms with Crippen LogP contribution >= 0.6 is 0 Å². The van der Waals surface area contributed by atoms with Crippen LogP contribution in [-0.4, -0.2) is 58.1 Å². The summed E-state index contributed by atoms with van der Waals surface area (Å²) < 4.78 is 0. The quantitative estimate of drug-likeness (QED) is 0.491. The number of hydrogen-bond donors (Lipinski definition) is 1. The van der Waals surface area contributed by atoms with Gasteiger partial charge in [0.25, 0.3) is 0 Å². The Kier molecular flexibility index (Phi) is 5.39. The molecule has 0 saturated carbocycles. The molecule has 1 aliphatic heterocycles. The van der Waals surface area contributed by atoms with Crippen molar-refractivity contribution in [3.05, 3.63) is 89.6 Å². The highest BCUT2D eigenvalue weighted by molar-refractivity contribution is 5.94. The molecule has 0 unspecified atom stereocenters. The van der Waals surface area contributed by atoms with Crippen molar-refractivity contribution >= 4 is 28.1 Å². The number of hydrogen-bond acceptors (Lipinski definition) is 7. The van der Waals surface area contributed by atoms with Crippen LogP contribution in [0.4, 0.5) is 11.6 Å². The molecule has 1 aliphatic carbocycles. The Balaban J connectivity index is 0.00000253. The second kappa shape index (κ2) is 8.83. The number of nitrogens with one attached hydrogen (secondary N) is 1. The SMILES string of the molecule is CN1CCN(c2ccc(CNc3ncnc4ccc(C5=CCc6ncccc65)cc34)cn2)CC1.[HH]. The molecule has 7 nitrogen and oxygen atoms in total. The summed E-state index contributed by atoms with van der Waals surface area (Å²) in [4.78, 5) is 22.9. The van der Waals surface area contributed by atoms with E-state index in [9.17, 15) is 0 Å².